The molecular formula is C19H16N2O6. The molecule has 138 valence electrons. The van der Waals surface area contributed by atoms with Crippen LogP contribution in [0.25, 0.3) is 5.76 Å². The van der Waals surface area contributed by atoms with E-state index >= 15 is 0 Å². The van der Waals surface area contributed by atoms with Crippen LogP contribution in [0, 0.1) is 10.1 Å². The zero-order valence-electron chi connectivity index (χ0n) is 14.6. The molecule has 2 aromatic rings. The lowest BCUT2D eigenvalue weighted by Crippen LogP contribution is -2.25. The molecule has 1 amide bonds. The molecule has 8 heteroatoms. The Hall–Kier alpha value is -3.68. The van der Waals surface area contributed by atoms with Crippen molar-refractivity contribution >= 4 is 23.1 Å². The number of nitro groups is 1. The Morgan fingerprint density at radius 2 is 1.78 bits per heavy atom. The molecule has 1 atom stereocenters. The van der Waals surface area contributed by atoms with Gasteiger partial charge in [0.15, 0.2) is 0 Å². The Morgan fingerprint density at radius 1 is 1.15 bits per heavy atom. The molecule has 1 fully saturated rings. The number of carbonyl (C=O) groups is 2. The summed E-state index contributed by atoms with van der Waals surface area (Å²) in [5, 5.41) is 22.1. The van der Waals surface area contributed by atoms with Crippen molar-refractivity contribution in [3.63, 3.8) is 0 Å². The standard InChI is InChI=1S/C19H16N2O6/c1-20-16(13-5-3-4-6-14(13)21(25)26)15(18(23)19(20)24)17(22)11-7-9-12(27-2)10-8-11/h3-10,16,22H,1-2H3/b17-15+. The number of likely N-dealkylation sites (tertiary alicyclic amines) is 1. The molecule has 0 aromatic heterocycles. The predicted molar refractivity (Wildman–Crippen MR) is 96.2 cm³/mol. The Morgan fingerprint density at radius 3 is 2.37 bits per heavy atom. The van der Waals surface area contributed by atoms with Gasteiger partial charge < -0.3 is 14.7 Å². The number of carbonyl (C=O) groups excluding carboxylic acids is 2. The van der Waals surface area contributed by atoms with Crippen LogP contribution in [-0.4, -0.2) is 40.8 Å². The summed E-state index contributed by atoms with van der Waals surface area (Å²) in [6, 6.07) is 11.0. The van der Waals surface area contributed by atoms with Crippen molar-refractivity contribution in [3.05, 3.63) is 75.3 Å². The molecule has 2 aromatic carbocycles. The third-order valence-electron chi connectivity index (χ3n) is 4.47. The molecule has 1 N–H and O–H groups in total. The number of ether oxygens (including phenoxy) is 1. The van der Waals surface area contributed by atoms with E-state index in [1.807, 2.05) is 0 Å². The average molecular weight is 368 g/mol. The van der Waals surface area contributed by atoms with Crippen molar-refractivity contribution in [2.24, 2.45) is 0 Å². The smallest absolute Gasteiger partial charge is 0.295 e. The van der Waals surface area contributed by atoms with Crippen LogP contribution in [0.3, 0.4) is 0 Å². The number of benzene rings is 2. The molecule has 0 bridgehead atoms. The minimum atomic E-state index is -1.06. The molecule has 1 unspecified atom stereocenters. The summed E-state index contributed by atoms with van der Waals surface area (Å²) in [5.74, 6) is -1.58. The molecule has 27 heavy (non-hydrogen) atoms. The minimum Gasteiger partial charge on any atom is -0.507 e. The van der Waals surface area contributed by atoms with Gasteiger partial charge >= 0.3 is 0 Å². The van der Waals surface area contributed by atoms with Gasteiger partial charge in [-0.15, -0.1) is 0 Å². The zero-order valence-corrected chi connectivity index (χ0v) is 14.6. The Balaban J connectivity index is 2.20. The highest BCUT2D eigenvalue weighted by atomic mass is 16.6. The van der Waals surface area contributed by atoms with Crippen molar-refractivity contribution in [2.45, 2.75) is 6.04 Å². The number of hydrogen-bond donors (Lipinski definition) is 1. The summed E-state index contributed by atoms with van der Waals surface area (Å²) in [5.41, 5.74) is 0.0175. The number of amides is 1. The molecule has 3 rings (SSSR count). The highest BCUT2D eigenvalue weighted by Crippen LogP contribution is 2.41. The highest BCUT2D eigenvalue weighted by molar-refractivity contribution is 6.46. The fourth-order valence-corrected chi connectivity index (χ4v) is 3.10. The summed E-state index contributed by atoms with van der Waals surface area (Å²) in [6.45, 7) is 0. The van der Waals surface area contributed by atoms with Gasteiger partial charge in [0.2, 0.25) is 0 Å². The van der Waals surface area contributed by atoms with Crippen molar-refractivity contribution < 1.29 is 24.4 Å². The van der Waals surface area contributed by atoms with Crippen LogP contribution in [0.5, 0.6) is 5.75 Å². The van der Waals surface area contributed by atoms with Crippen LogP contribution < -0.4 is 4.74 Å². The maximum absolute atomic E-state index is 12.5. The first-order chi connectivity index (χ1) is 12.9. The Kier molecular flexibility index (Phi) is 4.64. The molecule has 1 saturated heterocycles. The lowest BCUT2D eigenvalue weighted by Gasteiger charge is -2.20. The Bertz CT molecular complexity index is 964. The van der Waals surface area contributed by atoms with Crippen LogP contribution in [0.2, 0.25) is 0 Å². The summed E-state index contributed by atoms with van der Waals surface area (Å²) >= 11 is 0. The number of rotatable bonds is 4. The van der Waals surface area contributed by atoms with Crippen LogP contribution in [0.4, 0.5) is 5.69 Å². The summed E-state index contributed by atoms with van der Waals surface area (Å²) in [4.78, 5) is 36.7. The normalized spacial score (nSPS) is 18.6. The number of nitrogens with zero attached hydrogens (tertiary/aromatic N) is 2. The first kappa shape index (κ1) is 18.1. The number of aliphatic hydroxyl groups excluding tert-OH is 1. The van der Waals surface area contributed by atoms with Gasteiger partial charge in [0.25, 0.3) is 17.4 Å². The molecule has 0 saturated carbocycles. The number of ketones is 1. The molecule has 0 spiro atoms. The summed E-state index contributed by atoms with van der Waals surface area (Å²) in [7, 11) is 2.86. The van der Waals surface area contributed by atoms with Gasteiger partial charge in [0, 0.05) is 18.7 Å². The maximum Gasteiger partial charge on any atom is 0.295 e. The topological polar surface area (TPSA) is 110 Å². The molecule has 1 aliphatic heterocycles. The monoisotopic (exact) mass is 368 g/mol. The SMILES string of the molecule is COc1ccc(/C(O)=C2\C(=O)C(=O)N(C)C2c2ccccc2[N+](=O)[O-])cc1. The van der Waals surface area contributed by atoms with E-state index in [1.54, 1.807) is 18.2 Å². The quantitative estimate of drug-likeness (QED) is 0.292. The van der Waals surface area contributed by atoms with Gasteiger partial charge in [0.1, 0.15) is 11.5 Å². The van der Waals surface area contributed by atoms with E-state index in [1.165, 1.54) is 44.5 Å². The number of methoxy groups -OCH3 is 1. The van der Waals surface area contributed by atoms with Crippen molar-refractivity contribution in [1.29, 1.82) is 0 Å². The maximum atomic E-state index is 12.5. The van der Waals surface area contributed by atoms with E-state index in [4.69, 9.17) is 4.74 Å². The van der Waals surface area contributed by atoms with Crippen molar-refractivity contribution in [1.82, 2.24) is 4.90 Å². The average Bonchev–Trinajstić information content (AvgIpc) is 2.91. The Labute approximate surface area is 154 Å². The van der Waals surface area contributed by atoms with Gasteiger partial charge in [-0.1, -0.05) is 12.1 Å². The lowest BCUT2D eigenvalue weighted by molar-refractivity contribution is -0.385. The fraction of sp³-hybridized carbons (Fsp3) is 0.158. The second-order valence-electron chi connectivity index (χ2n) is 5.95. The molecule has 8 nitrogen and oxygen atoms in total. The largest absolute Gasteiger partial charge is 0.507 e. The number of hydrogen-bond acceptors (Lipinski definition) is 6. The molecule has 1 heterocycles. The van der Waals surface area contributed by atoms with Gasteiger partial charge in [-0.3, -0.25) is 19.7 Å². The number of aliphatic hydroxyl groups is 1. The summed E-state index contributed by atoms with van der Waals surface area (Å²) in [6.07, 6.45) is 0. The van der Waals surface area contributed by atoms with Gasteiger partial charge in [-0.25, -0.2) is 0 Å². The van der Waals surface area contributed by atoms with Crippen LogP contribution in [0.1, 0.15) is 17.2 Å². The number of para-hydroxylation sites is 1. The lowest BCUT2D eigenvalue weighted by atomic mass is 9.94. The number of nitro benzene ring substituents is 1. The molecular weight excluding hydrogens is 352 g/mol. The summed E-state index contributed by atoms with van der Waals surface area (Å²) < 4.78 is 5.06. The van der Waals surface area contributed by atoms with E-state index in [0.29, 0.717) is 11.3 Å². The number of Topliss-reactive ketones (excluding diaryl/α,β-unsaturated/α-hetero) is 1. The van der Waals surface area contributed by atoms with Crippen molar-refractivity contribution in [3.8, 4) is 5.75 Å². The van der Waals surface area contributed by atoms with Gasteiger partial charge in [-0.2, -0.15) is 0 Å². The fourth-order valence-electron chi connectivity index (χ4n) is 3.10. The van der Waals surface area contributed by atoms with Crippen LogP contribution in [-0.2, 0) is 9.59 Å². The first-order valence-corrected chi connectivity index (χ1v) is 7.99. The van der Waals surface area contributed by atoms with E-state index in [9.17, 15) is 24.8 Å². The van der Waals surface area contributed by atoms with Crippen LogP contribution in [0.15, 0.2) is 54.1 Å². The molecule has 0 aliphatic carbocycles. The highest BCUT2D eigenvalue weighted by Gasteiger charge is 2.46. The van der Waals surface area contributed by atoms with Gasteiger partial charge in [-0.05, 0) is 30.3 Å². The van der Waals surface area contributed by atoms with Crippen LogP contribution >= 0.6 is 0 Å². The molecule has 1 aliphatic rings. The first-order valence-electron chi connectivity index (χ1n) is 7.99. The second-order valence-corrected chi connectivity index (χ2v) is 5.95. The third kappa shape index (κ3) is 3.01. The number of likely N-dealkylation sites (N-methyl/N-ethyl adjacent to an activating group) is 1. The minimum absolute atomic E-state index is 0.152. The van der Waals surface area contributed by atoms with Crippen molar-refractivity contribution in [2.75, 3.05) is 14.2 Å². The van der Waals surface area contributed by atoms with E-state index in [2.05, 4.69) is 0 Å². The van der Waals surface area contributed by atoms with E-state index in [0.717, 1.165) is 4.90 Å². The third-order valence-corrected chi connectivity index (χ3v) is 4.47. The predicted octanol–water partition coefficient (Wildman–Crippen LogP) is 2.65. The van der Waals surface area contributed by atoms with Gasteiger partial charge in [0.05, 0.1) is 29.2 Å². The van der Waals surface area contributed by atoms with E-state index < -0.39 is 28.4 Å². The van der Waals surface area contributed by atoms with E-state index in [-0.39, 0.29) is 16.8 Å². The second kappa shape index (κ2) is 6.91. The zero-order chi connectivity index (χ0) is 19.7. The molecule has 0 radical (unpaired) electrons.